The number of imidazole rings is 1. The number of nitrogens with one attached hydrogen (secondary N) is 1. The Hall–Kier alpha value is -2.60. The molecular formula is C18H18N2O3S. The molecule has 3 rings (SSSR count). The zero-order valence-electron chi connectivity index (χ0n) is 13.7. The van der Waals surface area contributed by atoms with Gasteiger partial charge in [0.15, 0.2) is 11.5 Å². The van der Waals surface area contributed by atoms with E-state index >= 15 is 0 Å². The van der Waals surface area contributed by atoms with Crippen molar-refractivity contribution in [1.29, 1.82) is 0 Å². The summed E-state index contributed by atoms with van der Waals surface area (Å²) in [6, 6.07) is 13.6. The predicted octanol–water partition coefficient (Wildman–Crippen LogP) is 4.06. The highest BCUT2D eigenvalue weighted by molar-refractivity contribution is 7.80. The number of thiol groups is 1. The standard InChI is InChI=1S/C18H18N2O3S/c1-21-13-9-12(10-14(22-2)16(13)23-3)17-19-15(18(24)20-17)11-7-5-4-6-8-11/h4-10,24H,1-3H3,(H,19,20). The maximum absolute atomic E-state index is 5.40. The Morgan fingerprint density at radius 1 is 0.875 bits per heavy atom. The smallest absolute Gasteiger partial charge is 0.203 e. The molecule has 0 saturated carbocycles. The molecule has 0 radical (unpaired) electrons. The van der Waals surface area contributed by atoms with Crippen LogP contribution in [0, 0.1) is 0 Å². The maximum atomic E-state index is 5.40. The second-order valence-corrected chi connectivity index (χ2v) is 5.49. The van der Waals surface area contributed by atoms with E-state index in [4.69, 9.17) is 14.2 Å². The Bertz CT molecular complexity index is 822. The van der Waals surface area contributed by atoms with E-state index in [1.54, 1.807) is 21.3 Å². The fourth-order valence-electron chi connectivity index (χ4n) is 2.52. The number of ether oxygens (including phenoxy) is 3. The van der Waals surface area contributed by atoms with Crippen molar-refractivity contribution in [3.8, 4) is 39.9 Å². The lowest BCUT2D eigenvalue weighted by Crippen LogP contribution is -1.96. The number of benzene rings is 2. The lowest BCUT2D eigenvalue weighted by atomic mass is 10.1. The van der Waals surface area contributed by atoms with Gasteiger partial charge in [0, 0.05) is 11.1 Å². The van der Waals surface area contributed by atoms with E-state index in [9.17, 15) is 0 Å². The van der Waals surface area contributed by atoms with Gasteiger partial charge in [-0.1, -0.05) is 30.3 Å². The molecule has 0 aliphatic heterocycles. The largest absolute Gasteiger partial charge is 0.493 e. The van der Waals surface area contributed by atoms with Gasteiger partial charge in [0.05, 0.1) is 27.0 Å². The molecule has 3 aromatic rings. The van der Waals surface area contributed by atoms with Gasteiger partial charge < -0.3 is 19.2 Å². The van der Waals surface area contributed by atoms with Gasteiger partial charge in [-0.15, -0.1) is 12.6 Å². The van der Waals surface area contributed by atoms with Gasteiger partial charge in [0.2, 0.25) is 5.75 Å². The van der Waals surface area contributed by atoms with Crippen LogP contribution in [0.3, 0.4) is 0 Å². The molecule has 5 nitrogen and oxygen atoms in total. The van der Waals surface area contributed by atoms with Crippen molar-refractivity contribution in [3.63, 3.8) is 0 Å². The molecule has 0 spiro atoms. The van der Waals surface area contributed by atoms with Crippen molar-refractivity contribution < 1.29 is 14.2 Å². The molecule has 0 amide bonds. The van der Waals surface area contributed by atoms with E-state index in [1.165, 1.54) is 0 Å². The molecule has 0 atom stereocenters. The second kappa shape index (κ2) is 6.88. The molecule has 1 N–H and O–H groups in total. The Labute approximate surface area is 146 Å². The van der Waals surface area contributed by atoms with Crippen LogP contribution in [0.25, 0.3) is 22.6 Å². The molecule has 24 heavy (non-hydrogen) atoms. The molecule has 0 aliphatic rings. The minimum absolute atomic E-state index is 0.546. The minimum Gasteiger partial charge on any atom is -0.493 e. The van der Waals surface area contributed by atoms with E-state index in [0.717, 1.165) is 16.8 Å². The normalized spacial score (nSPS) is 10.5. The molecule has 124 valence electrons. The topological polar surface area (TPSA) is 56.4 Å². The van der Waals surface area contributed by atoms with E-state index < -0.39 is 0 Å². The molecular weight excluding hydrogens is 324 g/mol. The van der Waals surface area contributed by atoms with Gasteiger partial charge in [-0.25, -0.2) is 4.98 Å². The lowest BCUT2D eigenvalue weighted by Gasteiger charge is -2.13. The van der Waals surface area contributed by atoms with Crippen molar-refractivity contribution in [2.24, 2.45) is 0 Å². The van der Waals surface area contributed by atoms with Crippen molar-refractivity contribution in [1.82, 2.24) is 9.97 Å². The van der Waals surface area contributed by atoms with Gasteiger partial charge in [0.25, 0.3) is 0 Å². The van der Waals surface area contributed by atoms with Crippen molar-refractivity contribution in [2.75, 3.05) is 21.3 Å². The van der Waals surface area contributed by atoms with Crippen LogP contribution in [0.5, 0.6) is 17.2 Å². The average Bonchev–Trinajstić information content (AvgIpc) is 3.02. The minimum atomic E-state index is 0.546. The molecule has 0 aliphatic carbocycles. The summed E-state index contributed by atoms with van der Waals surface area (Å²) in [6.07, 6.45) is 0. The third-order valence-electron chi connectivity index (χ3n) is 3.69. The Kier molecular flexibility index (Phi) is 4.66. The highest BCUT2D eigenvalue weighted by atomic mass is 32.1. The van der Waals surface area contributed by atoms with Crippen LogP contribution in [0.1, 0.15) is 0 Å². The molecule has 1 aromatic heterocycles. The van der Waals surface area contributed by atoms with Gasteiger partial charge in [-0.3, -0.25) is 0 Å². The summed E-state index contributed by atoms with van der Waals surface area (Å²) >= 11 is 4.49. The van der Waals surface area contributed by atoms with Gasteiger partial charge in [-0.05, 0) is 12.1 Å². The maximum Gasteiger partial charge on any atom is 0.203 e. The van der Waals surface area contributed by atoms with Gasteiger partial charge in [0.1, 0.15) is 10.9 Å². The number of hydrogen-bond donors (Lipinski definition) is 2. The van der Waals surface area contributed by atoms with Crippen LogP contribution in [0.2, 0.25) is 0 Å². The third kappa shape index (κ3) is 2.92. The SMILES string of the molecule is COc1cc(-c2nc(S)c(-c3ccccc3)[nH]2)cc(OC)c1OC. The number of aromatic amines is 1. The molecule has 0 fully saturated rings. The fourth-order valence-corrected chi connectivity index (χ4v) is 2.81. The Morgan fingerprint density at radius 3 is 2.04 bits per heavy atom. The first-order valence-corrected chi connectivity index (χ1v) is 7.77. The van der Waals surface area contributed by atoms with E-state index in [2.05, 4.69) is 22.6 Å². The Morgan fingerprint density at radius 2 is 1.50 bits per heavy atom. The number of H-pyrrole nitrogens is 1. The third-order valence-corrected chi connectivity index (χ3v) is 4.01. The van der Waals surface area contributed by atoms with Gasteiger partial charge in [-0.2, -0.15) is 0 Å². The zero-order valence-corrected chi connectivity index (χ0v) is 14.6. The summed E-state index contributed by atoms with van der Waals surface area (Å²) in [5.74, 6) is 2.37. The predicted molar refractivity (Wildman–Crippen MR) is 96.4 cm³/mol. The molecule has 6 heteroatoms. The number of nitrogens with zero attached hydrogens (tertiary/aromatic N) is 1. The zero-order chi connectivity index (χ0) is 17.1. The lowest BCUT2D eigenvalue weighted by molar-refractivity contribution is 0.324. The van der Waals surface area contributed by atoms with Crippen LogP contribution in [0.4, 0.5) is 0 Å². The summed E-state index contributed by atoms with van der Waals surface area (Å²) in [5, 5.41) is 0.630. The molecule has 0 saturated heterocycles. The molecule has 0 unspecified atom stereocenters. The summed E-state index contributed by atoms with van der Waals surface area (Å²) in [4.78, 5) is 7.83. The fraction of sp³-hybridized carbons (Fsp3) is 0.167. The van der Waals surface area contributed by atoms with Crippen molar-refractivity contribution in [3.05, 3.63) is 42.5 Å². The van der Waals surface area contributed by atoms with Crippen LogP contribution in [0.15, 0.2) is 47.5 Å². The van der Waals surface area contributed by atoms with E-state index in [0.29, 0.717) is 28.1 Å². The number of rotatable bonds is 5. The van der Waals surface area contributed by atoms with Gasteiger partial charge >= 0.3 is 0 Å². The summed E-state index contributed by atoms with van der Waals surface area (Å²) in [7, 11) is 4.75. The highest BCUT2D eigenvalue weighted by Crippen LogP contribution is 2.41. The summed E-state index contributed by atoms with van der Waals surface area (Å²) in [5.41, 5.74) is 2.71. The summed E-state index contributed by atoms with van der Waals surface area (Å²) in [6.45, 7) is 0. The second-order valence-electron chi connectivity index (χ2n) is 5.06. The first kappa shape index (κ1) is 16.3. The Balaban J connectivity index is 2.10. The van der Waals surface area contributed by atoms with Crippen LogP contribution < -0.4 is 14.2 Å². The quantitative estimate of drug-likeness (QED) is 0.687. The number of aromatic nitrogens is 2. The van der Waals surface area contributed by atoms with E-state index in [-0.39, 0.29) is 0 Å². The number of methoxy groups -OCH3 is 3. The molecule has 1 heterocycles. The molecule has 0 bridgehead atoms. The monoisotopic (exact) mass is 342 g/mol. The van der Waals surface area contributed by atoms with E-state index in [1.807, 2.05) is 42.5 Å². The van der Waals surface area contributed by atoms with Crippen LogP contribution in [-0.2, 0) is 0 Å². The first-order valence-electron chi connectivity index (χ1n) is 7.32. The molecule has 2 aromatic carbocycles. The van der Waals surface area contributed by atoms with Crippen LogP contribution >= 0.6 is 12.6 Å². The number of hydrogen-bond acceptors (Lipinski definition) is 5. The van der Waals surface area contributed by atoms with Crippen molar-refractivity contribution in [2.45, 2.75) is 5.03 Å². The first-order chi connectivity index (χ1) is 11.7. The van der Waals surface area contributed by atoms with Crippen molar-refractivity contribution >= 4 is 12.6 Å². The van der Waals surface area contributed by atoms with Crippen LogP contribution in [-0.4, -0.2) is 31.3 Å². The average molecular weight is 342 g/mol. The summed E-state index contributed by atoms with van der Waals surface area (Å²) < 4.78 is 16.1. The highest BCUT2D eigenvalue weighted by Gasteiger charge is 2.17.